The van der Waals surface area contributed by atoms with Crippen molar-refractivity contribution in [3.63, 3.8) is 0 Å². The van der Waals surface area contributed by atoms with E-state index in [-0.39, 0.29) is 5.97 Å². The maximum absolute atomic E-state index is 12.0. The van der Waals surface area contributed by atoms with Crippen molar-refractivity contribution in [2.75, 3.05) is 41.0 Å². The van der Waals surface area contributed by atoms with Crippen LogP contribution in [0.25, 0.3) is 0 Å². The molecule has 0 aromatic heterocycles. The van der Waals surface area contributed by atoms with Crippen LogP contribution in [0.2, 0.25) is 0 Å². The fraction of sp³-hybridized carbons (Fsp3) is 0.741. The highest BCUT2D eigenvalue weighted by Crippen LogP contribution is 2.37. The Labute approximate surface area is 199 Å². The summed E-state index contributed by atoms with van der Waals surface area (Å²) in [4.78, 5) is 17.4. The summed E-state index contributed by atoms with van der Waals surface area (Å²) in [5.41, 5.74) is 2.71. The maximum atomic E-state index is 12.0. The van der Waals surface area contributed by atoms with Gasteiger partial charge in [0.2, 0.25) is 0 Å². The topological polar surface area (TPSA) is 51.2 Å². The van der Waals surface area contributed by atoms with E-state index in [4.69, 9.17) is 14.2 Å². The molecule has 3 aliphatic rings. The molecule has 184 valence electrons. The summed E-state index contributed by atoms with van der Waals surface area (Å²) in [5, 5.41) is 0. The van der Waals surface area contributed by atoms with Crippen LogP contribution in [0.1, 0.15) is 68.9 Å². The van der Waals surface area contributed by atoms with Crippen LogP contribution in [0.4, 0.5) is 0 Å². The van der Waals surface area contributed by atoms with Gasteiger partial charge in [-0.3, -0.25) is 14.6 Å². The average Bonchev–Trinajstić information content (AvgIpc) is 3.15. The second-order valence-corrected chi connectivity index (χ2v) is 10.1. The number of hydrogen-bond donors (Lipinski definition) is 0. The Balaban J connectivity index is 1.48. The van der Waals surface area contributed by atoms with Gasteiger partial charge in [-0.25, -0.2) is 0 Å². The number of rotatable bonds is 7. The predicted molar refractivity (Wildman–Crippen MR) is 130 cm³/mol. The lowest BCUT2D eigenvalue weighted by Crippen LogP contribution is -2.54. The molecular formula is C27H42N2O4. The van der Waals surface area contributed by atoms with Gasteiger partial charge in [-0.15, -0.1) is 0 Å². The highest BCUT2D eigenvalue weighted by molar-refractivity contribution is 5.69. The van der Waals surface area contributed by atoms with Crippen molar-refractivity contribution >= 4 is 5.97 Å². The van der Waals surface area contributed by atoms with Crippen LogP contribution in [-0.4, -0.2) is 68.8 Å². The molecule has 1 aromatic rings. The highest BCUT2D eigenvalue weighted by atomic mass is 16.5. The van der Waals surface area contributed by atoms with Crippen molar-refractivity contribution in [3.8, 4) is 11.5 Å². The molecule has 1 aromatic carbocycles. The minimum absolute atomic E-state index is 0.0823. The van der Waals surface area contributed by atoms with E-state index in [1.807, 2.05) is 0 Å². The molecule has 2 atom stereocenters. The molecule has 0 amide bonds. The van der Waals surface area contributed by atoms with Crippen LogP contribution < -0.4 is 9.47 Å². The number of ether oxygens (including phenoxy) is 3. The highest BCUT2D eigenvalue weighted by Gasteiger charge is 2.37. The van der Waals surface area contributed by atoms with Crippen LogP contribution >= 0.6 is 0 Å². The number of carbonyl (C=O) groups is 1. The maximum Gasteiger partial charge on any atom is 0.305 e. The van der Waals surface area contributed by atoms with Gasteiger partial charge in [0.05, 0.1) is 21.3 Å². The van der Waals surface area contributed by atoms with Crippen LogP contribution in [0, 0.1) is 5.92 Å². The zero-order valence-electron chi connectivity index (χ0n) is 20.8. The van der Waals surface area contributed by atoms with Crippen LogP contribution in [0.3, 0.4) is 0 Å². The van der Waals surface area contributed by atoms with E-state index in [0.29, 0.717) is 18.4 Å². The molecule has 4 rings (SSSR count). The van der Waals surface area contributed by atoms with E-state index in [0.717, 1.165) is 50.0 Å². The molecule has 2 aliphatic heterocycles. The Kier molecular flexibility index (Phi) is 8.53. The molecule has 6 nitrogen and oxygen atoms in total. The molecule has 0 unspecified atom stereocenters. The number of nitrogens with zero attached hydrogens (tertiary/aromatic N) is 2. The largest absolute Gasteiger partial charge is 0.493 e. The lowest BCUT2D eigenvalue weighted by molar-refractivity contribution is -0.141. The van der Waals surface area contributed by atoms with Crippen LogP contribution in [-0.2, 0) is 22.5 Å². The average molecular weight is 459 g/mol. The summed E-state index contributed by atoms with van der Waals surface area (Å²) in [7, 11) is 4.91. The standard InChI is InChI=1S/C27H42N2O4/c1-31-25-16-20-12-14-29(19-22(20)17-26(25)32-2)24-13-15-28(23-8-6-4-5-7-9-23)18-21(24)10-11-27(30)33-3/h16-17,21,23-24H,4-15,18-19H2,1-3H3/t21-,24+/m0/s1. The van der Waals surface area contributed by atoms with Crippen molar-refractivity contribution in [1.82, 2.24) is 9.80 Å². The molecule has 33 heavy (non-hydrogen) atoms. The minimum Gasteiger partial charge on any atom is -0.493 e. The first-order chi connectivity index (χ1) is 16.1. The predicted octanol–water partition coefficient (Wildman–Crippen LogP) is 4.43. The summed E-state index contributed by atoms with van der Waals surface area (Å²) in [5.74, 6) is 2.05. The fourth-order valence-electron chi connectivity index (χ4n) is 6.36. The Bertz CT molecular complexity index is 791. The molecule has 1 saturated heterocycles. The van der Waals surface area contributed by atoms with E-state index in [1.54, 1.807) is 14.2 Å². The number of piperidine rings is 1. The molecule has 1 aliphatic carbocycles. The van der Waals surface area contributed by atoms with Gasteiger partial charge in [0, 0.05) is 38.1 Å². The summed E-state index contributed by atoms with van der Waals surface area (Å²) in [6.45, 7) is 4.30. The molecule has 0 bridgehead atoms. The Morgan fingerprint density at radius 2 is 1.61 bits per heavy atom. The van der Waals surface area contributed by atoms with Crippen molar-refractivity contribution in [2.45, 2.75) is 82.8 Å². The normalized spacial score (nSPS) is 25.2. The molecule has 6 heteroatoms. The number of methoxy groups -OCH3 is 3. The Morgan fingerprint density at radius 3 is 2.27 bits per heavy atom. The van der Waals surface area contributed by atoms with Gasteiger partial charge >= 0.3 is 5.97 Å². The number of carbonyl (C=O) groups excluding carboxylic acids is 1. The number of likely N-dealkylation sites (tertiary alicyclic amines) is 1. The number of hydrogen-bond acceptors (Lipinski definition) is 6. The molecule has 2 heterocycles. The van der Waals surface area contributed by atoms with Crippen molar-refractivity contribution < 1.29 is 19.0 Å². The first-order valence-electron chi connectivity index (χ1n) is 12.9. The molecule has 0 spiro atoms. The zero-order valence-corrected chi connectivity index (χ0v) is 20.8. The first-order valence-corrected chi connectivity index (χ1v) is 12.9. The van der Waals surface area contributed by atoms with Crippen molar-refractivity contribution in [2.24, 2.45) is 5.92 Å². The number of esters is 1. The molecule has 1 saturated carbocycles. The van der Waals surface area contributed by atoms with Gasteiger partial charge in [-0.1, -0.05) is 25.7 Å². The third-order valence-corrected chi connectivity index (χ3v) is 8.23. The van der Waals surface area contributed by atoms with Crippen molar-refractivity contribution in [1.29, 1.82) is 0 Å². The Hall–Kier alpha value is -1.79. The molecule has 2 fully saturated rings. The van der Waals surface area contributed by atoms with Gasteiger partial charge in [-0.05, 0) is 67.8 Å². The summed E-state index contributed by atoms with van der Waals surface area (Å²) in [6, 6.07) is 5.55. The fourth-order valence-corrected chi connectivity index (χ4v) is 6.36. The number of benzene rings is 1. The quantitative estimate of drug-likeness (QED) is 0.445. The summed E-state index contributed by atoms with van der Waals surface area (Å²) < 4.78 is 16.1. The van der Waals surface area contributed by atoms with Gasteiger partial charge in [0.25, 0.3) is 0 Å². The van der Waals surface area contributed by atoms with E-state index >= 15 is 0 Å². The summed E-state index contributed by atoms with van der Waals surface area (Å²) >= 11 is 0. The lowest BCUT2D eigenvalue weighted by Gasteiger charge is -2.47. The number of fused-ring (bicyclic) bond motifs is 1. The van der Waals surface area contributed by atoms with Crippen LogP contribution in [0.5, 0.6) is 11.5 Å². The monoisotopic (exact) mass is 458 g/mol. The Morgan fingerprint density at radius 1 is 0.909 bits per heavy atom. The van der Waals surface area contributed by atoms with E-state index in [2.05, 4.69) is 21.9 Å². The third kappa shape index (κ3) is 5.83. The van der Waals surface area contributed by atoms with Gasteiger partial charge in [0.1, 0.15) is 0 Å². The first kappa shape index (κ1) is 24.3. The SMILES string of the molecule is COC(=O)CC[C@H]1CN(C2CCCCCC2)CC[C@H]1N1CCc2cc(OC)c(OC)cc2C1. The zero-order chi connectivity index (χ0) is 23.2. The van der Waals surface area contributed by atoms with E-state index in [9.17, 15) is 4.79 Å². The summed E-state index contributed by atoms with van der Waals surface area (Å²) in [6.07, 6.45) is 11.8. The second kappa shape index (κ2) is 11.6. The molecule has 0 radical (unpaired) electrons. The molecule has 0 N–H and O–H groups in total. The van der Waals surface area contributed by atoms with Gasteiger partial charge < -0.3 is 14.2 Å². The van der Waals surface area contributed by atoms with Crippen molar-refractivity contribution in [3.05, 3.63) is 23.3 Å². The van der Waals surface area contributed by atoms with E-state index < -0.39 is 0 Å². The van der Waals surface area contributed by atoms with Gasteiger partial charge in [0.15, 0.2) is 11.5 Å². The molecular weight excluding hydrogens is 416 g/mol. The third-order valence-electron chi connectivity index (χ3n) is 8.23. The smallest absolute Gasteiger partial charge is 0.305 e. The lowest BCUT2D eigenvalue weighted by atomic mass is 9.84. The van der Waals surface area contributed by atoms with E-state index in [1.165, 1.54) is 69.7 Å². The van der Waals surface area contributed by atoms with Gasteiger partial charge in [-0.2, -0.15) is 0 Å². The second-order valence-electron chi connectivity index (χ2n) is 10.1. The minimum atomic E-state index is -0.0823. The van der Waals surface area contributed by atoms with Crippen LogP contribution in [0.15, 0.2) is 12.1 Å².